The van der Waals surface area contributed by atoms with Gasteiger partial charge in [0, 0.05) is 18.7 Å². The van der Waals surface area contributed by atoms with Crippen molar-refractivity contribution in [2.24, 2.45) is 5.92 Å². The number of para-hydroxylation sites is 1. The Morgan fingerprint density at radius 3 is 2.50 bits per heavy atom. The van der Waals surface area contributed by atoms with Crippen molar-refractivity contribution < 1.29 is 14.7 Å². The number of carboxylic acids is 1. The number of benzene rings is 2. The fourth-order valence-corrected chi connectivity index (χ4v) is 3.02. The second kappa shape index (κ2) is 7.17. The van der Waals surface area contributed by atoms with Crippen molar-refractivity contribution in [2.75, 3.05) is 18.4 Å². The maximum Gasteiger partial charge on any atom is 0.321 e. The van der Waals surface area contributed by atoms with Crippen LogP contribution in [0.5, 0.6) is 0 Å². The van der Waals surface area contributed by atoms with Gasteiger partial charge in [-0.1, -0.05) is 48.5 Å². The molecule has 0 bridgehead atoms. The number of anilines is 1. The number of carboxylic acid groups (broad SMARTS) is 1. The van der Waals surface area contributed by atoms with Crippen LogP contribution in [0.25, 0.3) is 11.1 Å². The lowest BCUT2D eigenvalue weighted by molar-refractivity contribution is -0.143. The Balaban J connectivity index is 1.77. The van der Waals surface area contributed by atoms with Crippen LogP contribution in [0, 0.1) is 5.92 Å². The SMILES string of the molecule is O=C(O)C1CCCN(C(=O)Nc2ccccc2-c2ccccc2)C1. The van der Waals surface area contributed by atoms with Crippen LogP contribution in [0.4, 0.5) is 10.5 Å². The number of hydrogen-bond donors (Lipinski definition) is 2. The van der Waals surface area contributed by atoms with Crippen molar-refractivity contribution >= 4 is 17.7 Å². The number of likely N-dealkylation sites (tertiary alicyclic amines) is 1. The van der Waals surface area contributed by atoms with Gasteiger partial charge in [0.05, 0.1) is 11.6 Å². The maximum atomic E-state index is 12.5. The zero-order valence-corrected chi connectivity index (χ0v) is 13.3. The lowest BCUT2D eigenvalue weighted by Gasteiger charge is -2.31. The number of nitrogens with zero attached hydrogens (tertiary/aromatic N) is 1. The molecule has 2 N–H and O–H groups in total. The molecule has 3 rings (SSSR count). The average molecular weight is 324 g/mol. The summed E-state index contributed by atoms with van der Waals surface area (Å²) >= 11 is 0. The molecular weight excluding hydrogens is 304 g/mol. The number of nitrogens with one attached hydrogen (secondary N) is 1. The molecule has 5 nitrogen and oxygen atoms in total. The van der Waals surface area contributed by atoms with Gasteiger partial charge in [-0.25, -0.2) is 4.79 Å². The van der Waals surface area contributed by atoms with Gasteiger partial charge in [-0.3, -0.25) is 4.79 Å². The summed E-state index contributed by atoms with van der Waals surface area (Å²) in [5, 5.41) is 12.1. The zero-order valence-electron chi connectivity index (χ0n) is 13.3. The first-order chi connectivity index (χ1) is 11.6. The first-order valence-corrected chi connectivity index (χ1v) is 8.08. The van der Waals surface area contributed by atoms with Gasteiger partial charge in [-0.05, 0) is 24.5 Å². The van der Waals surface area contributed by atoms with Crippen molar-refractivity contribution in [3.05, 3.63) is 54.6 Å². The number of carbonyl (C=O) groups is 2. The Morgan fingerprint density at radius 1 is 1.04 bits per heavy atom. The highest BCUT2D eigenvalue weighted by Crippen LogP contribution is 2.28. The van der Waals surface area contributed by atoms with Crippen LogP contribution in [-0.4, -0.2) is 35.1 Å². The Bertz CT molecular complexity index is 730. The Labute approximate surface area is 140 Å². The third-order valence-corrected chi connectivity index (χ3v) is 4.31. The summed E-state index contributed by atoms with van der Waals surface area (Å²) in [5.41, 5.74) is 2.69. The van der Waals surface area contributed by atoms with Crippen LogP contribution < -0.4 is 5.32 Å². The number of rotatable bonds is 3. The quantitative estimate of drug-likeness (QED) is 0.905. The first kappa shape index (κ1) is 16.1. The van der Waals surface area contributed by atoms with Gasteiger partial charge in [0.1, 0.15) is 0 Å². The Kier molecular flexibility index (Phi) is 4.79. The van der Waals surface area contributed by atoms with Crippen LogP contribution in [0.3, 0.4) is 0 Å². The van der Waals surface area contributed by atoms with Gasteiger partial charge in [0.2, 0.25) is 0 Å². The van der Waals surface area contributed by atoms with Crippen molar-refractivity contribution in [2.45, 2.75) is 12.8 Å². The van der Waals surface area contributed by atoms with Gasteiger partial charge in [-0.2, -0.15) is 0 Å². The lowest BCUT2D eigenvalue weighted by Crippen LogP contribution is -2.44. The van der Waals surface area contributed by atoms with Crippen molar-refractivity contribution in [1.29, 1.82) is 0 Å². The number of carbonyl (C=O) groups excluding carboxylic acids is 1. The number of amides is 2. The normalized spacial score (nSPS) is 17.3. The highest BCUT2D eigenvalue weighted by molar-refractivity contribution is 5.94. The minimum Gasteiger partial charge on any atom is -0.481 e. The average Bonchev–Trinajstić information content (AvgIpc) is 2.63. The van der Waals surface area contributed by atoms with Crippen LogP contribution >= 0.6 is 0 Å². The zero-order chi connectivity index (χ0) is 16.9. The molecule has 1 unspecified atom stereocenters. The monoisotopic (exact) mass is 324 g/mol. The van der Waals surface area contributed by atoms with E-state index in [0.717, 1.165) is 16.8 Å². The van der Waals surface area contributed by atoms with E-state index in [0.29, 0.717) is 19.4 Å². The smallest absolute Gasteiger partial charge is 0.321 e. The summed E-state index contributed by atoms with van der Waals surface area (Å²) in [5.74, 6) is -1.31. The molecule has 1 aliphatic heterocycles. The maximum absolute atomic E-state index is 12.5. The van der Waals surface area contributed by atoms with Crippen molar-refractivity contribution in [3.63, 3.8) is 0 Å². The van der Waals surface area contributed by atoms with E-state index >= 15 is 0 Å². The summed E-state index contributed by atoms with van der Waals surface area (Å²) < 4.78 is 0. The molecule has 1 heterocycles. The van der Waals surface area contributed by atoms with Crippen LogP contribution in [-0.2, 0) is 4.79 Å². The molecule has 1 fully saturated rings. The minimum atomic E-state index is -0.836. The molecule has 2 aromatic rings. The fourth-order valence-electron chi connectivity index (χ4n) is 3.02. The molecule has 5 heteroatoms. The van der Waals surface area contributed by atoms with E-state index in [1.807, 2.05) is 54.6 Å². The van der Waals surface area contributed by atoms with Gasteiger partial charge < -0.3 is 15.3 Å². The molecule has 0 aromatic heterocycles. The van der Waals surface area contributed by atoms with Crippen molar-refractivity contribution in [3.8, 4) is 11.1 Å². The highest BCUT2D eigenvalue weighted by atomic mass is 16.4. The molecule has 2 aromatic carbocycles. The van der Waals surface area contributed by atoms with E-state index in [2.05, 4.69) is 5.32 Å². The number of piperidine rings is 1. The summed E-state index contributed by atoms with van der Waals surface area (Å²) in [6, 6.07) is 17.2. The highest BCUT2D eigenvalue weighted by Gasteiger charge is 2.28. The van der Waals surface area contributed by atoms with Gasteiger partial charge >= 0.3 is 12.0 Å². The Hall–Kier alpha value is -2.82. The molecule has 0 aliphatic carbocycles. The molecule has 2 amide bonds. The molecule has 1 saturated heterocycles. The van der Waals surface area contributed by atoms with Crippen molar-refractivity contribution in [1.82, 2.24) is 4.90 Å². The molecule has 1 aliphatic rings. The Morgan fingerprint density at radius 2 is 1.75 bits per heavy atom. The molecule has 24 heavy (non-hydrogen) atoms. The van der Waals surface area contributed by atoms with Gasteiger partial charge in [0.15, 0.2) is 0 Å². The second-order valence-corrected chi connectivity index (χ2v) is 5.97. The number of hydrogen-bond acceptors (Lipinski definition) is 2. The van der Waals surface area contributed by atoms with Crippen LogP contribution in [0.1, 0.15) is 12.8 Å². The minimum absolute atomic E-state index is 0.246. The van der Waals surface area contributed by atoms with Gasteiger partial charge in [0.25, 0.3) is 0 Å². The molecule has 1 atom stereocenters. The van der Waals surface area contributed by atoms with E-state index in [1.165, 1.54) is 0 Å². The molecule has 124 valence electrons. The van der Waals surface area contributed by atoms with E-state index in [1.54, 1.807) is 4.90 Å². The first-order valence-electron chi connectivity index (χ1n) is 8.08. The lowest BCUT2D eigenvalue weighted by atomic mass is 9.98. The summed E-state index contributed by atoms with van der Waals surface area (Å²) in [6.45, 7) is 0.845. The molecular formula is C19H20N2O3. The van der Waals surface area contributed by atoms with Crippen LogP contribution in [0.15, 0.2) is 54.6 Å². The topological polar surface area (TPSA) is 69.6 Å². The van der Waals surface area contributed by atoms with E-state index in [9.17, 15) is 9.59 Å². The van der Waals surface area contributed by atoms with Crippen LogP contribution in [0.2, 0.25) is 0 Å². The third-order valence-electron chi connectivity index (χ3n) is 4.31. The molecule has 0 radical (unpaired) electrons. The van der Waals surface area contributed by atoms with E-state index in [4.69, 9.17) is 5.11 Å². The summed E-state index contributed by atoms with van der Waals surface area (Å²) in [4.78, 5) is 25.3. The fraction of sp³-hybridized carbons (Fsp3) is 0.263. The summed E-state index contributed by atoms with van der Waals surface area (Å²) in [7, 11) is 0. The van der Waals surface area contributed by atoms with E-state index < -0.39 is 11.9 Å². The second-order valence-electron chi connectivity index (χ2n) is 5.97. The summed E-state index contributed by atoms with van der Waals surface area (Å²) in [6.07, 6.45) is 1.34. The predicted octanol–water partition coefficient (Wildman–Crippen LogP) is 3.68. The van der Waals surface area contributed by atoms with E-state index in [-0.39, 0.29) is 12.6 Å². The predicted molar refractivity (Wildman–Crippen MR) is 92.8 cm³/mol. The third kappa shape index (κ3) is 3.56. The molecule has 0 saturated carbocycles. The number of urea groups is 1. The molecule has 0 spiro atoms. The largest absolute Gasteiger partial charge is 0.481 e. The van der Waals surface area contributed by atoms with Gasteiger partial charge in [-0.15, -0.1) is 0 Å². The standard InChI is InChI=1S/C19H20N2O3/c22-18(23)15-9-6-12-21(13-15)19(24)20-17-11-5-4-10-16(17)14-7-2-1-3-8-14/h1-5,7-8,10-11,15H,6,9,12-13H2,(H,20,24)(H,22,23). The number of aliphatic carboxylic acids is 1.